The molecule has 0 saturated carbocycles. The minimum Gasteiger partial charge on any atom is -0.508 e. The van der Waals surface area contributed by atoms with E-state index in [4.69, 9.17) is 9.47 Å². The third kappa shape index (κ3) is 2.35. The SMILES string of the molecule is COC(=O)C[C@@H]1c2ccc(O)cc2OC[C@H]1C. The van der Waals surface area contributed by atoms with Gasteiger partial charge in [-0.2, -0.15) is 0 Å². The van der Waals surface area contributed by atoms with Gasteiger partial charge in [-0.3, -0.25) is 4.79 Å². The Labute approximate surface area is 100 Å². The van der Waals surface area contributed by atoms with Crippen LogP contribution in [0.4, 0.5) is 0 Å². The Hall–Kier alpha value is -1.71. The lowest BCUT2D eigenvalue weighted by Crippen LogP contribution is -2.25. The van der Waals surface area contributed by atoms with Crippen molar-refractivity contribution < 1.29 is 19.4 Å². The summed E-state index contributed by atoms with van der Waals surface area (Å²) in [6.45, 7) is 2.60. The second-order valence-electron chi connectivity index (χ2n) is 4.40. The highest BCUT2D eigenvalue weighted by atomic mass is 16.5. The maximum atomic E-state index is 11.4. The predicted octanol–water partition coefficient (Wildman–Crippen LogP) is 2.07. The first-order valence-corrected chi connectivity index (χ1v) is 5.64. The molecule has 0 aliphatic carbocycles. The van der Waals surface area contributed by atoms with Gasteiger partial charge in [0, 0.05) is 12.0 Å². The largest absolute Gasteiger partial charge is 0.508 e. The molecule has 0 spiro atoms. The number of carbonyl (C=O) groups excluding carboxylic acids is 1. The third-order valence-corrected chi connectivity index (χ3v) is 3.20. The van der Waals surface area contributed by atoms with Crippen molar-refractivity contribution >= 4 is 5.97 Å². The standard InChI is InChI=1S/C13H16O4/c1-8-7-17-12-5-9(14)3-4-10(12)11(8)6-13(15)16-2/h3-5,8,11,14H,6-7H2,1-2H3/t8-,11+/m1/s1. The fourth-order valence-corrected chi connectivity index (χ4v) is 2.17. The van der Waals surface area contributed by atoms with Crippen LogP contribution >= 0.6 is 0 Å². The zero-order valence-corrected chi connectivity index (χ0v) is 9.97. The smallest absolute Gasteiger partial charge is 0.306 e. The van der Waals surface area contributed by atoms with E-state index in [1.165, 1.54) is 7.11 Å². The van der Waals surface area contributed by atoms with Gasteiger partial charge in [0.2, 0.25) is 0 Å². The van der Waals surface area contributed by atoms with Crippen LogP contribution in [-0.4, -0.2) is 24.8 Å². The molecule has 0 saturated heterocycles. The second kappa shape index (κ2) is 4.65. The van der Waals surface area contributed by atoms with Gasteiger partial charge in [-0.1, -0.05) is 13.0 Å². The molecule has 0 unspecified atom stereocenters. The molecule has 2 rings (SSSR count). The molecule has 2 atom stereocenters. The van der Waals surface area contributed by atoms with Gasteiger partial charge in [0.15, 0.2) is 0 Å². The van der Waals surface area contributed by atoms with Crippen molar-refractivity contribution in [3.63, 3.8) is 0 Å². The average molecular weight is 236 g/mol. The zero-order valence-electron chi connectivity index (χ0n) is 9.97. The van der Waals surface area contributed by atoms with Crippen LogP contribution in [0.25, 0.3) is 0 Å². The molecule has 1 aromatic carbocycles. The number of hydrogen-bond acceptors (Lipinski definition) is 4. The van der Waals surface area contributed by atoms with E-state index in [1.807, 2.05) is 13.0 Å². The van der Waals surface area contributed by atoms with E-state index in [0.29, 0.717) is 18.8 Å². The predicted molar refractivity (Wildman–Crippen MR) is 62.1 cm³/mol. The second-order valence-corrected chi connectivity index (χ2v) is 4.40. The Morgan fingerprint density at radius 3 is 3.06 bits per heavy atom. The lowest BCUT2D eigenvalue weighted by atomic mass is 9.83. The molecule has 1 aromatic rings. The van der Waals surface area contributed by atoms with Gasteiger partial charge >= 0.3 is 5.97 Å². The van der Waals surface area contributed by atoms with Crippen molar-refractivity contribution in [3.8, 4) is 11.5 Å². The maximum Gasteiger partial charge on any atom is 0.306 e. The Balaban J connectivity index is 2.30. The first-order chi connectivity index (χ1) is 8.11. The van der Waals surface area contributed by atoms with Crippen molar-refractivity contribution in [1.29, 1.82) is 0 Å². The molecule has 4 heteroatoms. The van der Waals surface area contributed by atoms with E-state index >= 15 is 0 Å². The van der Waals surface area contributed by atoms with Crippen LogP contribution in [0.3, 0.4) is 0 Å². The van der Waals surface area contributed by atoms with Crippen molar-refractivity contribution in [2.75, 3.05) is 13.7 Å². The number of carbonyl (C=O) groups is 1. The topological polar surface area (TPSA) is 55.8 Å². The van der Waals surface area contributed by atoms with Crippen LogP contribution < -0.4 is 4.74 Å². The van der Waals surface area contributed by atoms with E-state index in [0.717, 1.165) is 5.56 Å². The monoisotopic (exact) mass is 236 g/mol. The summed E-state index contributed by atoms with van der Waals surface area (Å²) < 4.78 is 10.3. The Morgan fingerprint density at radius 1 is 1.59 bits per heavy atom. The highest BCUT2D eigenvalue weighted by Crippen LogP contribution is 2.40. The zero-order chi connectivity index (χ0) is 12.4. The molecule has 0 bridgehead atoms. The number of methoxy groups -OCH3 is 1. The van der Waals surface area contributed by atoms with Gasteiger partial charge < -0.3 is 14.6 Å². The number of aromatic hydroxyl groups is 1. The summed E-state index contributed by atoms with van der Waals surface area (Å²) in [5.74, 6) is 0.966. The molecule has 92 valence electrons. The Morgan fingerprint density at radius 2 is 2.35 bits per heavy atom. The van der Waals surface area contributed by atoms with Gasteiger partial charge in [0.1, 0.15) is 11.5 Å². The molecule has 0 radical (unpaired) electrons. The molecule has 0 fully saturated rings. The van der Waals surface area contributed by atoms with Crippen LogP contribution in [0.1, 0.15) is 24.8 Å². The summed E-state index contributed by atoms with van der Waals surface area (Å²) in [5, 5.41) is 9.40. The summed E-state index contributed by atoms with van der Waals surface area (Å²) in [6, 6.07) is 5.02. The van der Waals surface area contributed by atoms with Crippen LogP contribution in [0, 0.1) is 5.92 Å². The van der Waals surface area contributed by atoms with Gasteiger partial charge in [0.05, 0.1) is 20.1 Å². The molecule has 1 heterocycles. The van der Waals surface area contributed by atoms with Gasteiger partial charge in [-0.05, 0) is 17.5 Å². The number of fused-ring (bicyclic) bond motifs is 1. The highest BCUT2D eigenvalue weighted by Gasteiger charge is 2.30. The fourth-order valence-electron chi connectivity index (χ4n) is 2.17. The van der Waals surface area contributed by atoms with Crippen LogP contribution in [0.2, 0.25) is 0 Å². The number of phenols is 1. The minimum atomic E-state index is -0.220. The molecule has 0 amide bonds. The lowest BCUT2D eigenvalue weighted by molar-refractivity contribution is -0.141. The molecule has 4 nitrogen and oxygen atoms in total. The molecule has 1 aliphatic rings. The average Bonchev–Trinajstić information content (AvgIpc) is 2.32. The highest BCUT2D eigenvalue weighted by molar-refractivity contribution is 5.70. The molecular weight excluding hydrogens is 220 g/mol. The first-order valence-electron chi connectivity index (χ1n) is 5.64. The number of phenolic OH excluding ortho intramolecular Hbond substituents is 1. The van der Waals surface area contributed by atoms with Crippen molar-refractivity contribution in [1.82, 2.24) is 0 Å². The van der Waals surface area contributed by atoms with E-state index in [1.54, 1.807) is 12.1 Å². The molecular formula is C13H16O4. The Bertz CT molecular complexity index is 427. The number of hydrogen-bond donors (Lipinski definition) is 1. The Kier molecular flexibility index (Phi) is 3.22. The first kappa shape index (κ1) is 11.8. The van der Waals surface area contributed by atoms with Gasteiger partial charge in [0.25, 0.3) is 0 Å². The van der Waals surface area contributed by atoms with Crippen molar-refractivity contribution in [3.05, 3.63) is 23.8 Å². The van der Waals surface area contributed by atoms with Gasteiger partial charge in [-0.25, -0.2) is 0 Å². The summed E-state index contributed by atoms with van der Waals surface area (Å²) in [5.41, 5.74) is 0.965. The van der Waals surface area contributed by atoms with Crippen molar-refractivity contribution in [2.45, 2.75) is 19.3 Å². The quantitative estimate of drug-likeness (QED) is 0.799. The molecule has 0 aromatic heterocycles. The van der Waals surface area contributed by atoms with Crippen LogP contribution in [-0.2, 0) is 9.53 Å². The molecule has 17 heavy (non-hydrogen) atoms. The third-order valence-electron chi connectivity index (χ3n) is 3.20. The summed E-state index contributed by atoms with van der Waals surface area (Å²) in [6.07, 6.45) is 0.346. The minimum absolute atomic E-state index is 0.0896. The molecule has 1 aliphatic heterocycles. The van der Waals surface area contributed by atoms with Crippen LogP contribution in [0.15, 0.2) is 18.2 Å². The number of benzene rings is 1. The number of ether oxygens (including phenoxy) is 2. The van der Waals surface area contributed by atoms with Gasteiger partial charge in [-0.15, -0.1) is 0 Å². The van der Waals surface area contributed by atoms with Crippen molar-refractivity contribution in [2.24, 2.45) is 5.92 Å². The van der Waals surface area contributed by atoms with E-state index in [9.17, 15) is 9.90 Å². The summed E-state index contributed by atoms with van der Waals surface area (Å²) >= 11 is 0. The summed E-state index contributed by atoms with van der Waals surface area (Å²) in [7, 11) is 1.39. The summed E-state index contributed by atoms with van der Waals surface area (Å²) in [4.78, 5) is 11.4. The van der Waals surface area contributed by atoms with E-state index in [2.05, 4.69) is 0 Å². The normalized spacial score (nSPS) is 22.5. The van der Waals surface area contributed by atoms with E-state index in [-0.39, 0.29) is 23.6 Å². The maximum absolute atomic E-state index is 11.4. The fraction of sp³-hybridized carbons (Fsp3) is 0.462. The molecule has 1 N–H and O–H groups in total. The number of rotatable bonds is 2. The van der Waals surface area contributed by atoms with E-state index < -0.39 is 0 Å². The van der Waals surface area contributed by atoms with Crippen LogP contribution in [0.5, 0.6) is 11.5 Å². The lowest BCUT2D eigenvalue weighted by Gasteiger charge is -2.30. The number of esters is 1.